The number of benzene rings is 1. The number of pyridine rings is 1. The Morgan fingerprint density at radius 1 is 1.15 bits per heavy atom. The number of nitrogens with zero attached hydrogens (tertiary/aromatic N) is 7. The summed E-state index contributed by atoms with van der Waals surface area (Å²) in [5.74, 6) is -0.511. The number of hydrogen-bond donors (Lipinski definition) is 1. The fraction of sp³-hybridized carbons (Fsp3) is 0.370. The van der Waals surface area contributed by atoms with E-state index >= 15 is 0 Å². The Morgan fingerprint density at radius 3 is 2.67 bits per heavy atom. The van der Waals surface area contributed by atoms with E-state index in [1.54, 1.807) is 17.4 Å². The SMILES string of the molecule is COC(=O)N1CC(c2noc(-c3cc(F)c(C)c(NC(=O)c4cnc5ccc(N6CCN(C)CC6)cn45)c3)n2)C1. The van der Waals surface area contributed by atoms with Crippen LogP contribution < -0.4 is 10.2 Å². The molecule has 0 atom stereocenters. The molecule has 0 radical (unpaired) electrons. The zero-order chi connectivity index (χ0) is 28.0. The molecular formula is C27H29FN8O4. The molecule has 1 N–H and O–H groups in total. The molecule has 0 bridgehead atoms. The number of imidazole rings is 1. The number of carbonyl (C=O) groups is 2. The van der Waals surface area contributed by atoms with E-state index in [4.69, 9.17) is 9.26 Å². The molecule has 13 heteroatoms. The maximum Gasteiger partial charge on any atom is 0.409 e. The molecule has 6 rings (SSSR count). The van der Waals surface area contributed by atoms with Crippen molar-refractivity contribution in [1.29, 1.82) is 0 Å². The molecule has 0 saturated carbocycles. The highest BCUT2D eigenvalue weighted by molar-refractivity contribution is 6.04. The van der Waals surface area contributed by atoms with Crippen LogP contribution in [0, 0.1) is 12.7 Å². The van der Waals surface area contributed by atoms with Crippen molar-refractivity contribution in [1.82, 2.24) is 29.3 Å². The third-order valence-electron chi connectivity index (χ3n) is 7.55. The maximum absolute atomic E-state index is 15.0. The first-order chi connectivity index (χ1) is 19.3. The Labute approximate surface area is 229 Å². The number of rotatable bonds is 5. The molecule has 5 heterocycles. The molecule has 3 aromatic heterocycles. The smallest absolute Gasteiger partial charge is 0.409 e. The van der Waals surface area contributed by atoms with Crippen LogP contribution in [0.5, 0.6) is 0 Å². The zero-order valence-electron chi connectivity index (χ0n) is 22.4. The average molecular weight is 549 g/mol. The highest BCUT2D eigenvalue weighted by Crippen LogP contribution is 2.31. The van der Waals surface area contributed by atoms with Gasteiger partial charge in [-0.15, -0.1) is 0 Å². The summed E-state index contributed by atoms with van der Waals surface area (Å²) in [7, 11) is 3.43. The summed E-state index contributed by atoms with van der Waals surface area (Å²) in [6.45, 7) is 6.12. The van der Waals surface area contributed by atoms with Gasteiger partial charge in [-0.3, -0.25) is 9.20 Å². The van der Waals surface area contributed by atoms with Crippen LogP contribution in [0.2, 0.25) is 0 Å². The van der Waals surface area contributed by atoms with E-state index in [-0.39, 0.29) is 23.1 Å². The highest BCUT2D eigenvalue weighted by Gasteiger charge is 2.35. The minimum atomic E-state index is -0.524. The molecule has 1 aromatic carbocycles. The monoisotopic (exact) mass is 548 g/mol. The number of hydrogen-bond acceptors (Lipinski definition) is 9. The number of piperazine rings is 1. The number of likely N-dealkylation sites (tertiary alicyclic amines) is 1. The lowest BCUT2D eigenvalue weighted by Gasteiger charge is -2.35. The number of nitrogens with one attached hydrogen (secondary N) is 1. The van der Waals surface area contributed by atoms with E-state index in [2.05, 4.69) is 37.3 Å². The van der Waals surface area contributed by atoms with Crippen LogP contribution in [0.4, 0.5) is 20.6 Å². The number of carbonyl (C=O) groups excluding carboxylic acids is 2. The lowest BCUT2D eigenvalue weighted by Crippen LogP contribution is -2.48. The van der Waals surface area contributed by atoms with Gasteiger partial charge in [0.1, 0.15) is 17.2 Å². The number of amides is 2. The van der Waals surface area contributed by atoms with Crippen molar-refractivity contribution in [2.24, 2.45) is 0 Å². The van der Waals surface area contributed by atoms with Crippen LogP contribution in [-0.4, -0.2) is 94.8 Å². The van der Waals surface area contributed by atoms with Gasteiger partial charge >= 0.3 is 6.09 Å². The second-order valence-electron chi connectivity index (χ2n) is 10.2. The van der Waals surface area contributed by atoms with Crippen molar-refractivity contribution in [2.45, 2.75) is 12.8 Å². The standard InChI is InChI=1S/C27H29FN8O4/c1-16-20(28)10-17(26-31-24(32-40-26)18-13-35(14-18)27(38)39-3)11-21(16)30-25(37)22-12-29-23-5-4-19(15-36(22)23)34-8-6-33(2)7-9-34/h4-5,10-12,15,18H,6-9,13-14H2,1-3H3,(H,30,37). The molecule has 208 valence electrons. The fourth-order valence-corrected chi connectivity index (χ4v) is 4.95. The number of likely N-dealkylation sites (N-methyl/N-ethyl adjacent to an activating group) is 1. The van der Waals surface area contributed by atoms with Crippen LogP contribution in [-0.2, 0) is 4.74 Å². The van der Waals surface area contributed by atoms with Crippen molar-refractivity contribution in [3.8, 4) is 11.5 Å². The Kier molecular flexibility index (Phi) is 6.58. The summed E-state index contributed by atoms with van der Waals surface area (Å²) in [5, 5.41) is 6.84. The van der Waals surface area contributed by atoms with Crippen molar-refractivity contribution in [3.63, 3.8) is 0 Å². The Morgan fingerprint density at radius 2 is 1.93 bits per heavy atom. The number of halogens is 1. The van der Waals surface area contributed by atoms with Gasteiger partial charge < -0.3 is 29.3 Å². The first-order valence-corrected chi connectivity index (χ1v) is 13.0. The molecule has 12 nitrogen and oxygen atoms in total. The van der Waals surface area contributed by atoms with Crippen LogP contribution in [0.3, 0.4) is 0 Å². The van der Waals surface area contributed by atoms with Gasteiger partial charge in [-0.1, -0.05) is 5.16 Å². The lowest BCUT2D eigenvalue weighted by molar-refractivity contribution is 0.0857. The normalized spacial score (nSPS) is 16.3. The summed E-state index contributed by atoms with van der Waals surface area (Å²) < 4.78 is 26.8. The van der Waals surface area contributed by atoms with Gasteiger partial charge in [0.2, 0.25) is 0 Å². The van der Waals surface area contributed by atoms with Crippen LogP contribution >= 0.6 is 0 Å². The predicted molar refractivity (Wildman–Crippen MR) is 144 cm³/mol. The van der Waals surface area contributed by atoms with E-state index in [0.717, 1.165) is 31.9 Å². The molecule has 4 aromatic rings. The molecule has 40 heavy (non-hydrogen) atoms. The summed E-state index contributed by atoms with van der Waals surface area (Å²) in [6, 6.07) is 6.79. The molecule has 2 saturated heterocycles. The first-order valence-electron chi connectivity index (χ1n) is 13.0. The zero-order valence-corrected chi connectivity index (χ0v) is 22.4. The first kappa shape index (κ1) is 25.7. The molecular weight excluding hydrogens is 519 g/mol. The average Bonchev–Trinajstić information content (AvgIpc) is 3.58. The Balaban J connectivity index is 1.22. The lowest BCUT2D eigenvalue weighted by atomic mass is 10.0. The van der Waals surface area contributed by atoms with Gasteiger partial charge in [-0.25, -0.2) is 14.2 Å². The molecule has 0 unspecified atom stereocenters. The number of methoxy groups -OCH3 is 1. The summed E-state index contributed by atoms with van der Waals surface area (Å²) >= 11 is 0. The van der Waals surface area contributed by atoms with E-state index < -0.39 is 17.8 Å². The van der Waals surface area contributed by atoms with Gasteiger partial charge in [0.15, 0.2) is 5.82 Å². The predicted octanol–water partition coefficient (Wildman–Crippen LogP) is 3.00. The molecule has 0 spiro atoms. The summed E-state index contributed by atoms with van der Waals surface area (Å²) in [5.41, 5.74) is 2.86. The Hall–Kier alpha value is -4.52. The van der Waals surface area contributed by atoms with E-state index in [1.807, 2.05) is 18.3 Å². The third kappa shape index (κ3) is 4.72. The molecule has 2 aliphatic rings. The van der Waals surface area contributed by atoms with Gasteiger partial charge in [-0.2, -0.15) is 4.98 Å². The quantitative estimate of drug-likeness (QED) is 0.401. The second kappa shape index (κ2) is 10.2. The molecule has 0 aliphatic carbocycles. The van der Waals surface area contributed by atoms with Crippen molar-refractivity contribution in [3.05, 3.63) is 59.6 Å². The van der Waals surface area contributed by atoms with Crippen LogP contribution in [0.1, 0.15) is 27.8 Å². The van der Waals surface area contributed by atoms with Gasteiger partial charge in [0.05, 0.1) is 24.9 Å². The van der Waals surface area contributed by atoms with E-state index in [9.17, 15) is 14.0 Å². The van der Waals surface area contributed by atoms with E-state index in [1.165, 1.54) is 24.3 Å². The van der Waals surface area contributed by atoms with Gasteiger partial charge in [-0.05, 0) is 38.2 Å². The van der Waals surface area contributed by atoms with E-state index in [0.29, 0.717) is 35.8 Å². The summed E-state index contributed by atoms with van der Waals surface area (Å²) in [6.07, 6.45) is 3.00. The topological polar surface area (TPSA) is 121 Å². The molecule has 2 amide bonds. The van der Waals surface area contributed by atoms with Gasteiger partial charge in [0, 0.05) is 62.3 Å². The fourth-order valence-electron chi connectivity index (χ4n) is 4.95. The van der Waals surface area contributed by atoms with Crippen LogP contribution in [0.15, 0.2) is 41.2 Å². The van der Waals surface area contributed by atoms with Crippen molar-refractivity contribution >= 4 is 29.0 Å². The Bertz CT molecular complexity index is 1590. The third-order valence-corrected chi connectivity index (χ3v) is 7.55. The largest absolute Gasteiger partial charge is 0.453 e. The number of fused-ring (bicyclic) bond motifs is 1. The summed E-state index contributed by atoms with van der Waals surface area (Å²) in [4.78, 5) is 39.8. The number of ether oxygens (including phenoxy) is 1. The highest BCUT2D eigenvalue weighted by atomic mass is 19.1. The minimum absolute atomic E-state index is 0.100. The minimum Gasteiger partial charge on any atom is -0.453 e. The van der Waals surface area contributed by atoms with Crippen molar-refractivity contribution < 1.29 is 23.2 Å². The van der Waals surface area contributed by atoms with Gasteiger partial charge in [0.25, 0.3) is 11.8 Å². The molecule has 2 fully saturated rings. The second-order valence-corrected chi connectivity index (χ2v) is 10.2. The maximum atomic E-state index is 15.0. The molecule has 2 aliphatic heterocycles. The number of anilines is 2. The van der Waals surface area contributed by atoms with Crippen LogP contribution in [0.25, 0.3) is 17.1 Å². The number of aromatic nitrogens is 4. The van der Waals surface area contributed by atoms with Crippen molar-refractivity contribution in [2.75, 3.05) is 63.6 Å².